The number of para-hydroxylation sites is 1. The van der Waals surface area contributed by atoms with Gasteiger partial charge in [-0.25, -0.2) is 0 Å². The maximum Gasteiger partial charge on any atom is 0.197 e. The van der Waals surface area contributed by atoms with Gasteiger partial charge in [0.2, 0.25) is 0 Å². The summed E-state index contributed by atoms with van der Waals surface area (Å²) in [6, 6.07) is 16.4. The molecule has 1 N–H and O–H groups in total. The fraction of sp³-hybridized carbons (Fsp3) is 0.368. The Labute approximate surface area is 158 Å². The summed E-state index contributed by atoms with van der Waals surface area (Å²) >= 11 is 0. The van der Waals surface area contributed by atoms with Gasteiger partial charge in [-0.3, -0.25) is 0 Å². The lowest BCUT2D eigenvalue weighted by Gasteiger charge is -2.15. The SMILES string of the molecule is O=NN(c1ccccc1)c1ccc(OCCCCCCC/[N+]([O-])=N/O)cc1. The summed E-state index contributed by atoms with van der Waals surface area (Å²) in [4.78, 5) is 11.5. The first-order valence-corrected chi connectivity index (χ1v) is 8.95. The molecule has 0 aliphatic heterocycles. The average molecular weight is 372 g/mol. The number of anilines is 2. The number of hydrogen-bond acceptors (Lipinski definition) is 5. The minimum Gasteiger partial charge on any atom is -0.597 e. The monoisotopic (exact) mass is 372 g/mol. The Morgan fingerprint density at radius 3 is 2.22 bits per heavy atom. The van der Waals surface area contributed by atoms with E-state index in [0.29, 0.717) is 24.4 Å². The van der Waals surface area contributed by atoms with Crippen LogP contribution in [0.25, 0.3) is 0 Å². The first-order valence-electron chi connectivity index (χ1n) is 8.95. The normalized spacial score (nSPS) is 11.2. The molecule has 8 nitrogen and oxygen atoms in total. The number of benzene rings is 2. The van der Waals surface area contributed by atoms with Crippen LogP contribution in [0.2, 0.25) is 0 Å². The minimum atomic E-state index is 0.217. The molecule has 0 unspecified atom stereocenters. The zero-order valence-corrected chi connectivity index (χ0v) is 15.1. The summed E-state index contributed by atoms with van der Waals surface area (Å²) in [5.74, 6) is 0.740. The molecule has 2 aromatic rings. The maximum atomic E-state index is 11.2. The van der Waals surface area contributed by atoms with Crippen LogP contribution in [0.5, 0.6) is 5.75 Å². The third-order valence-corrected chi connectivity index (χ3v) is 4.03. The van der Waals surface area contributed by atoms with Gasteiger partial charge in [-0.05, 0) is 49.2 Å². The molecule has 0 aromatic heterocycles. The predicted octanol–water partition coefficient (Wildman–Crippen LogP) is 5.19. The van der Waals surface area contributed by atoms with Crippen LogP contribution in [0.1, 0.15) is 32.1 Å². The van der Waals surface area contributed by atoms with E-state index in [1.54, 1.807) is 12.1 Å². The number of hydrogen-bond donors (Lipinski definition) is 1. The second-order valence-corrected chi connectivity index (χ2v) is 6.00. The summed E-state index contributed by atoms with van der Waals surface area (Å²) in [5.41, 5.74) is 1.37. The lowest BCUT2D eigenvalue weighted by Crippen LogP contribution is -2.07. The van der Waals surface area contributed by atoms with E-state index in [0.717, 1.165) is 31.4 Å². The van der Waals surface area contributed by atoms with Crippen molar-refractivity contribution in [3.8, 4) is 5.75 Å². The molecule has 0 heterocycles. The number of rotatable bonds is 12. The molecule has 0 atom stereocenters. The van der Waals surface area contributed by atoms with Crippen LogP contribution in [0.4, 0.5) is 11.4 Å². The molecule has 0 aliphatic rings. The van der Waals surface area contributed by atoms with Gasteiger partial charge in [0, 0.05) is 6.42 Å². The third-order valence-electron chi connectivity index (χ3n) is 4.03. The van der Waals surface area contributed by atoms with Crippen molar-refractivity contribution in [2.75, 3.05) is 18.2 Å². The number of unbranched alkanes of at least 4 members (excludes halogenated alkanes) is 4. The number of nitrogens with zero attached hydrogens (tertiary/aromatic N) is 4. The molecule has 0 saturated carbocycles. The van der Waals surface area contributed by atoms with E-state index in [1.165, 1.54) is 5.01 Å². The first kappa shape index (κ1) is 20.2. The summed E-state index contributed by atoms with van der Waals surface area (Å²) in [5, 5.41) is 25.9. The third kappa shape index (κ3) is 6.93. The second-order valence-electron chi connectivity index (χ2n) is 6.00. The highest BCUT2D eigenvalue weighted by molar-refractivity contribution is 5.62. The van der Waals surface area contributed by atoms with Crippen molar-refractivity contribution < 1.29 is 14.8 Å². The van der Waals surface area contributed by atoms with Crippen LogP contribution < -0.4 is 9.75 Å². The molecule has 0 radical (unpaired) electrons. The van der Waals surface area contributed by atoms with E-state index in [4.69, 9.17) is 9.94 Å². The van der Waals surface area contributed by atoms with Crippen LogP contribution in [-0.2, 0) is 0 Å². The van der Waals surface area contributed by atoms with Crippen LogP contribution in [-0.4, -0.2) is 23.2 Å². The van der Waals surface area contributed by atoms with Gasteiger partial charge in [-0.2, -0.15) is 5.01 Å². The van der Waals surface area contributed by atoms with E-state index >= 15 is 0 Å². The Bertz CT molecular complexity index is 707. The number of ether oxygens (including phenoxy) is 1. The minimum absolute atomic E-state index is 0.217. The molecule has 144 valence electrons. The van der Waals surface area contributed by atoms with Crippen molar-refractivity contribution in [3.05, 3.63) is 64.7 Å². The van der Waals surface area contributed by atoms with Gasteiger partial charge >= 0.3 is 0 Å². The Morgan fingerprint density at radius 1 is 0.926 bits per heavy atom. The summed E-state index contributed by atoms with van der Waals surface area (Å²) in [6.45, 7) is 0.822. The highest BCUT2D eigenvalue weighted by atomic mass is 16.6. The molecular weight excluding hydrogens is 348 g/mol. The van der Waals surface area contributed by atoms with Crippen molar-refractivity contribution in [3.63, 3.8) is 0 Å². The van der Waals surface area contributed by atoms with Gasteiger partial charge in [-0.1, -0.05) is 35.9 Å². The van der Waals surface area contributed by atoms with Crippen molar-refractivity contribution in [2.45, 2.75) is 32.1 Å². The topological polar surface area (TPSA) is 101 Å². The molecule has 0 fully saturated rings. The fourth-order valence-corrected chi connectivity index (χ4v) is 2.61. The van der Waals surface area contributed by atoms with Gasteiger partial charge in [0.25, 0.3) is 0 Å². The molecule has 27 heavy (non-hydrogen) atoms. The highest BCUT2D eigenvalue weighted by Crippen LogP contribution is 2.27. The molecule has 2 rings (SSSR count). The van der Waals surface area contributed by atoms with Crippen molar-refractivity contribution in [1.82, 2.24) is 0 Å². The van der Waals surface area contributed by atoms with Gasteiger partial charge in [0.05, 0.1) is 23.3 Å². The highest BCUT2D eigenvalue weighted by Gasteiger charge is 2.09. The Balaban J connectivity index is 1.69. The largest absolute Gasteiger partial charge is 0.597 e. The van der Waals surface area contributed by atoms with E-state index in [2.05, 4.69) is 10.6 Å². The van der Waals surface area contributed by atoms with Crippen molar-refractivity contribution in [1.29, 1.82) is 0 Å². The predicted molar refractivity (Wildman–Crippen MR) is 102 cm³/mol. The molecule has 0 saturated heterocycles. The standard InChI is InChI=1S/C19H24N4O4/c24-20-22(26)15-7-2-1-3-8-16-27-19-13-11-18(12-14-19)23(21-25)17-9-5-4-6-10-17/h4-6,9-14,24H,1-3,7-8,15-16H2/b22-20-. The second kappa shape index (κ2) is 11.5. The summed E-state index contributed by atoms with van der Waals surface area (Å²) in [7, 11) is 0. The van der Waals surface area contributed by atoms with Gasteiger partial charge in [0.15, 0.2) is 11.8 Å². The van der Waals surface area contributed by atoms with Gasteiger partial charge < -0.3 is 15.2 Å². The molecule has 0 spiro atoms. The van der Waals surface area contributed by atoms with Crippen molar-refractivity contribution >= 4 is 11.4 Å². The van der Waals surface area contributed by atoms with Crippen LogP contribution >= 0.6 is 0 Å². The van der Waals surface area contributed by atoms with Gasteiger partial charge in [0.1, 0.15) is 5.75 Å². The Kier molecular flexibility index (Phi) is 8.55. The maximum absolute atomic E-state index is 11.2. The molecule has 0 bridgehead atoms. The zero-order chi connectivity index (χ0) is 19.3. The summed E-state index contributed by atoms with van der Waals surface area (Å²) in [6.07, 6.45) is 4.54. The quantitative estimate of drug-likeness (QED) is 0.182. The number of hydroxylamine groups is 1. The molecular formula is C19H24N4O4. The lowest BCUT2D eigenvalue weighted by atomic mass is 10.1. The van der Waals surface area contributed by atoms with Crippen LogP contribution in [0.15, 0.2) is 65.2 Å². The van der Waals surface area contributed by atoms with E-state index in [9.17, 15) is 10.1 Å². The molecule has 0 amide bonds. The smallest absolute Gasteiger partial charge is 0.197 e. The zero-order valence-electron chi connectivity index (χ0n) is 15.1. The van der Waals surface area contributed by atoms with Crippen LogP contribution in [0, 0.1) is 10.1 Å². The molecule has 8 heteroatoms. The van der Waals surface area contributed by atoms with Crippen LogP contribution in [0.3, 0.4) is 0 Å². The van der Waals surface area contributed by atoms with E-state index < -0.39 is 0 Å². The fourth-order valence-electron chi connectivity index (χ4n) is 2.61. The molecule has 2 aromatic carbocycles. The average Bonchev–Trinajstić information content (AvgIpc) is 2.72. The Hall–Kier alpha value is -3.16. The van der Waals surface area contributed by atoms with E-state index in [-0.39, 0.29) is 11.4 Å². The van der Waals surface area contributed by atoms with Gasteiger partial charge in [-0.15, -0.1) is 4.91 Å². The van der Waals surface area contributed by atoms with Crippen molar-refractivity contribution in [2.24, 2.45) is 10.6 Å². The lowest BCUT2D eigenvalue weighted by molar-refractivity contribution is -0.556. The Morgan fingerprint density at radius 2 is 1.56 bits per heavy atom. The number of nitroso groups, excluding NO2 is 1. The summed E-state index contributed by atoms with van der Waals surface area (Å²) < 4.78 is 5.71. The van der Waals surface area contributed by atoms with E-state index in [1.807, 2.05) is 42.5 Å². The first-order chi connectivity index (χ1) is 13.2. The molecule has 0 aliphatic carbocycles.